The zero-order chi connectivity index (χ0) is 10.9. The molecule has 82 valence electrons. The second-order valence-corrected chi connectivity index (χ2v) is 3.93. The van der Waals surface area contributed by atoms with Crippen LogP contribution in [0.5, 0.6) is 0 Å². The van der Waals surface area contributed by atoms with Crippen molar-refractivity contribution in [1.82, 2.24) is 4.90 Å². The number of hydrogen-bond acceptors (Lipinski definition) is 1. The van der Waals surface area contributed by atoms with Crippen LogP contribution in [0, 0.1) is 0 Å². The zero-order valence-corrected chi connectivity index (χ0v) is 9.95. The molecule has 0 radical (unpaired) electrons. The van der Waals surface area contributed by atoms with Gasteiger partial charge in [0.25, 0.3) is 0 Å². The molecule has 0 spiro atoms. The van der Waals surface area contributed by atoms with Crippen molar-refractivity contribution < 1.29 is 0 Å². The average molecular weight is 224 g/mol. The fraction of sp³-hybridized carbons (Fsp3) is 0.385. The predicted molar refractivity (Wildman–Crippen MR) is 67.5 cm³/mol. The number of benzene rings is 1. The van der Waals surface area contributed by atoms with E-state index in [2.05, 4.69) is 48.4 Å². The lowest BCUT2D eigenvalue weighted by Gasteiger charge is -2.13. The summed E-state index contributed by atoms with van der Waals surface area (Å²) in [6, 6.07) is 10.6. The van der Waals surface area contributed by atoms with E-state index < -0.39 is 0 Å². The fourth-order valence-electron chi connectivity index (χ4n) is 1.37. The van der Waals surface area contributed by atoms with Crippen LogP contribution in [-0.2, 0) is 6.42 Å². The Hall–Kier alpha value is -0.790. The van der Waals surface area contributed by atoms with Gasteiger partial charge in [0.1, 0.15) is 0 Å². The summed E-state index contributed by atoms with van der Waals surface area (Å²) in [6.07, 6.45) is 5.20. The van der Waals surface area contributed by atoms with Crippen LogP contribution < -0.4 is 0 Å². The molecular weight excluding hydrogens is 206 g/mol. The van der Waals surface area contributed by atoms with Crippen molar-refractivity contribution in [3.8, 4) is 0 Å². The minimum atomic E-state index is 0.604. The summed E-state index contributed by atoms with van der Waals surface area (Å²) in [5.74, 6) is 0.604. The average Bonchev–Trinajstić information content (AvgIpc) is 2.28. The first kappa shape index (κ1) is 12.3. The van der Waals surface area contributed by atoms with Gasteiger partial charge in [-0.2, -0.15) is 0 Å². The Morgan fingerprint density at radius 3 is 2.60 bits per heavy atom. The zero-order valence-electron chi connectivity index (χ0n) is 9.20. The predicted octanol–water partition coefficient (Wildman–Crippen LogP) is 2.96. The standard InChI is InChI=1S/C13H18ClN/c1-15(11-6-5-10-14)12-9-13-7-3-2-4-8-13/h2-8H,9-12H2,1H3. The van der Waals surface area contributed by atoms with Crippen molar-refractivity contribution >= 4 is 11.6 Å². The van der Waals surface area contributed by atoms with Crippen LogP contribution in [0.4, 0.5) is 0 Å². The van der Waals surface area contributed by atoms with Crippen LogP contribution in [0.25, 0.3) is 0 Å². The Morgan fingerprint density at radius 1 is 1.20 bits per heavy atom. The molecule has 1 rings (SSSR count). The molecule has 1 nitrogen and oxygen atoms in total. The Morgan fingerprint density at radius 2 is 1.93 bits per heavy atom. The van der Waals surface area contributed by atoms with Crippen LogP contribution in [-0.4, -0.2) is 30.9 Å². The third kappa shape index (κ3) is 5.60. The van der Waals surface area contributed by atoms with Crippen LogP contribution >= 0.6 is 11.6 Å². The molecule has 2 heteroatoms. The Bertz CT molecular complexity index is 282. The van der Waals surface area contributed by atoms with Gasteiger partial charge in [0.15, 0.2) is 0 Å². The second-order valence-electron chi connectivity index (χ2n) is 3.62. The SMILES string of the molecule is CN(CC=CCCl)CCc1ccccc1. The maximum absolute atomic E-state index is 5.55. The summed E-state index contributed by atoms with van der Waals surface area (Å²) < 4.78 is 0. The van der Waals surface area contributed by atoms with Gasteiger partial charge in [-0.25, -0.2) is 0 Å². The molecule has 0 aliphatic carbocycles. The second kappa shape index (κ2) is 7.49. The van der Waals surface area contributed by atoms with E-state index in [1.54, 1.807) is 0 Å². The molecule has 0 saturated heterocycles. The van der Waals surface area contributed by atoms with Crippen LogP contribution in [0.3, 0.4) is 0 Å². The molecule has 0 saturated carbocycles. The largest absolute Gasteiger partial charge is 0.302 e. The Balaban J connectivity index is 2.22. The van der Waals surface area contributed by atoms with Crippen molar-refractivity contribution in [2.24, 2.45) is 0 Å². The van der Waals surface area contributed by atoms with Crippen molar-refractivity contribution in [2.75, 3.05) is 26.0 Å². The smallest absolute Gasteiger partial charge is 0.0404 e. The molecule has 0 aromatic heterocycles. The Kier molecular flexibility index (Phi) is 6.14. The van der Waals surface area contributed by atoms with Gasteiger partial charge in [0, 0.05) is 19.0 Å². The molecule has 0 bridgehead atoms. The molecule has 0 heterocycles. The first-order chi connectivity index (χ1) is 7.33. The maximum Gasteiger partial charge on any atom is 0.0404 e. The van der Waals surface area contributed by atoms with Crippen LogP contribution in [0.2, 0.25) is 0 Å². The van der Waals surface area contributed by atoms with Gasteiger partial charge in [-0.1, -0.05) is 42.5 Å². The van der Waals surface area contributed by atoms with Crippen molar-refractivity contribution in [2.45, 2.75) is 6.42 Å². The number of rotatable bonds is 6. The number of hydrogen-bond donors (Lipinski definition) is 0. The number of halogens is 1. The van der Waals surface area contributed by atoms with Gasteiger partial charge in [0.2, 0.25) is 0 Å². The van der Waals surface area contributed by atoms with Crippen molar-refractivity contribution in [3.05, 3.63) is 48.0 Å². The number of nitrogens with zero attached hydrogens (tertiary/aromatic N) is 1. The highest BCUT2D eigenvalue weighted by atomic mass is 35.5. The van der Waals surface area contributed by atoms with E-state index in [0.29, 0.717) is 5.88 Å². The number of allylic oxidation sites excluding steroid dienone is 1. The summed E-state index contributed by atoms with van der Waals surface area (Å²) in [6.45, 7) is 2.05. The molecule has 1 aromatic rings. The van der Waals surface area contributed by atoms with E-state index in [9.17, 15) is 0 Å². The third-order valence-corrected chi connectivity index (χ3v) is 2.48. The first-order valence-corrected chi connectivity index (χ1v) is 5.80. The molecular formula is C13H18ClN. The monoisotopic (exact) mass is 223 g/mol. The normalized spacial score (nSPS) is 11.4. The fourth-order valence-corrected chi connectivity index (χ4v) is 1.50. The van der Waals surface area contributed by atoms with Crippen molar-refractivity contribution in [3.63, 3.8) is 0 Å². The molecule has 0 aliphatic rings. The molecule has 1 aromatic carbocycles. The van der Waals surface area contributed by atoms with Gasteiger partial charge < -0.3 is 4.90 Å². The maximum atomic E-state index is 5.55. The van der Waals surface area contributed by atoms with Crippen LogP contribution in [0.1, 0.15) is 5.56 Å². The van der Waals surface area contributed by atoms with Gasteiger partial charge in [0.05, 0.1) is 0 Å². The number of alkyl halides is 1. The van der Waals surface area contributed by atoms with E-state index in [4.69, 9.17) is 11.6 Å². The third-order valence-electron chi connectivity index (χ3n) is 2.30. The topological polar surface area (TPSA) is 3.24 Å². The highest BCUT2D eigenvalue weighted by Crippen LogP contribution is 2.00. The summed E-state index contributed by atoms with van der Waals surface area (Å²) in [4.78, 5) is 2.29. The molecule has 0 amide bonds. The van der Waals surface area contributed by atoms with Crippen LogP contribution in [0.15, 0.2) is 42.5 Å². The minimum absolute atomic E-state index is 0.604. The molecule has 15 heavy (non-hydrogen) atoms. The highest BCUT2D eigenvalue weighted by molar-refractivity contribution is 6.18. The highest BCUT2D eigenvalue weighted by Gasteiger charge is 1.96. The van der Waals surface area contributed by atoms with Gasteiger partial charge in [-0.05, 0) is 19.0 Å². The quantitative estimate of drug-likeness (QED) is 0.530. The van der Waals surface area contributed by atoms with E-state index >= 15 is 0 Å². The van der Waals surface area contributed by atoms with Gasteiger partial charge in [-0.15, -0.1) is 11.6 Å². The number of likely N-dealkylation sites (N-methyl/N-ethyl adjacent to an activating group) is 1. The molecule has 0 N–H and O–H groups in total. The van der Waals surface area contributed by atoms with E-state index in [1.807, 2.05) is 6.08 Å². The summed E-state index contributed by atoms with van der Waals surface area (Å²) >= 11 is 5.55. The molecule has 0 fully saturated rings. The van der Waals surface area contributed by atoms with E-state index in [1.165, 1.54) is 5.56 Å². The van der Waals surface area contributed by atoms with Crippen molar-refractivity contribution in [1.29, 1.82) is 0 Å². The van der Waals surface area contributed by atoms with Gasteiger partial charge in [-0.3, -0.25) is 0 Å². The first-order valence-electron chi connectivity index (χ1n) is 5.26. The van der Waals surface area contributed by atoms with E-state index in [0.717, 1.165) is 19.5 Å². The summed E-state index contributed by atoms with van der Waals surface area (Å²) in [5.41, 5.74) is 1.39. The minimum Gasteiger partial charge on any atom is -0.302 e. The van der Waals surface area contributed by atoms with Gasteiger partial charge >= 0.3 is 0 Å². The Labute approximate surface area is 97.4 Å². The lowest BCUT2D eigenvalue weighted by molar-refractivity contribution is 0.375. The molecule has 0 unspecified atom stereocenters. The summed E-state index contributed by atoms with van der Waals surface area (Å²) in [5, 5.41) is 0. The summed E-state index contributed by atoms with van der Waals surface area (Å²) in [7, 11) is 2.13. The molecule has 0 aliphatic heterocycles. The molecule has 0 atom stereocenters. The lowest BCUT2D eigenvalue weighted by atomic mass is 10.1. The van der Waals surface area contributed by atoms with E-state index in [-0.39, 0.29) is 0 Å². The lowest BCUT2D eigenvalue weighted by Crippen LogP contribution is -2.21.